The maximum absolute atomic E-state index is 12.0. The Balaban J connectivity index is 1.67. The van der Waals surface area contributed by atoms with Crippen molar-refractivity contribution in [3.05, 3.63) is 24.0 Å². The Hall–Kier alpha value is -2.38. The molecule has 1 unspecified atom stereocenters. The van der Waals surface area contributed by atoms with E-state index in [0.29, 0.717) is 17.6 Å². The fourth-order valence-corrected chi connectivity index (χ4v) is 1.97. The van der Waals surface area contributed by atoms with Crippen molar-refractivity contribution in [3.63, 3.8) is 0 Å². The van der Waals surface area contributed by atoms with E-state index in [-0.39, 0.29) is 12.0 Å². The third-order valence-corrected chi connectivity index (χ3v) is 3.30. The minimum Gasteiger partial charge on any atom is -0.363 e. The zero-order chi connectivity index (χ0) is 14.8. The zero-order valence-electron chi connectivity index (χ0n) is 11.9. The Morgan fingerprint density at radius 3 is 2.81 bits per heavy atom. The second-order valence-corrected chi connectivity index (χ2v) is 5.47. The van der Waals surface area contributed by atoms with Gasteiger partial charge in [0.15, 0.2) is 11.6 Å². The lowest BCUT2D eigenvalue weighted by Gasteiger charge is -2.18. The maximum Gasteiger partial charge on any atom is 0.321 e. The van der Waals surface area contributed by atoms with Gasteiger partial charge in [-0.1, -0.05) is 24.2 Å². The lowest BCUT2D eigenvalue weighted by molar-refractivity contribution is 0.235. The van der Waals surface area contributed by atoms with Gasteiger partial charge in [-0.2, -0.15) is 4.98 Å². The molecule has 2 N–H and O–H groups in total. The molecule has 8 heteroatoms. The van der Waals surface area contributed by atoms with E-state index >= 15 is 0 Å². The average Bonchev–Trinajstić information content (AvgIpc) is 2.97. The van der Waals surface area contributed by atoms with Gasteiger partial charge in [0.2, 0.25) is 5.89 Å². The van der Waals surface area contributed by atoms with Crippen LogP contribution in [0.15, 0.2) is 21.4 Å². The number of anilines is 1. The maximum atomic E-state index is 12.0. The molecule has 1 atom stereocenters. The molecule has 0 bridgehead atoms. The van der Waals surface area contributed by atoms with Crippen molar-refractivity contribution < 1.29 is 13.8 Å². The lowest BCUT2D eigenvalue weighted by atomic mass is 10.0. The van der Waals surface area contributed by atoms with E-state index in [0.717, 1.165) is 18.7 Å². The van der Waals surface area contributed by atoms with E-state index < -0.39 is 6.03 Å². The molecule has 2 heterocycles. The highest BCUT2D eigenvalue weighted by molar-refractivity contribution is 5.88. The number of carbonyl (C=O) groups is 1. The molecule has 1 aliphatic carbocycles. The number of nitrogens with zero attached hydrogens (tertiary/aromatic N) is 3. The molecule has 0 aliphatic heterocycles. The minimum absolute atomic E-state index is 0.112. The van der Waals surface area contributed by atoms with E-state index in [2.05, 4.69) is 30.5 Å². The summed E-state index contributed by atoms with van der Waals surface area (Å²) in [6.07, 6.45) is 3.59. The molecule has 0 aromatic carbocycles. The van der Waals surface area contributed by atoms with E-state index in [1.165, 1.54) is 6.26 Å². The van der Waals surface area contributed by atoms with Crippen molar-refractivity contribution in [2.24, 2.45) is 5.92 Å². The number of carbonyl (C=O) groups excluding carboxylic acids is 1. The highest BCUT2D eigenvalue weighted by atomic mass is 16.5. The van der Waals surface area contributed by atoms with Gasteiger partial charge in [0, 0.05) is 12.0 Å². The number of hydrogen-bond donors (Lipinski definition) is 2. The van der Waals surface area contributed by atoms with Crippen LogP contribution in [0, 0.1) is 5.92 Å². The molecule has 0 radical (unpaired) electrons. The molecule has 2 aromatic heterocycles. The standard InChI is InChI=1S/C13H17N5O3/c1-7(2)10(12-16-11(18-21-12)8-3-4-8)15-13(19)14-9-5-6-20-17-9/h5-8,10H,3-4H2,1-2H3,(H2,14,15,17,19). The molecule has 1 fully saturated rings. The molecule has 3 rings (SSSR count). The Morgan fingerprint density at radius 1 is 1.38 bits per heavy atom. The Bertz CT molecular complexity index is 603. The van der Waals surface area contributed by atoms with Crippen LogP contribution in [-0.4, -0.2) is 21.3 Å². The Morgan fingerprint density at radius 2 is 2.19 bits per heavy atom. The second kappa shape index (κ2) is 5.55. The highest BCUT2D eigenvalue weighted by Crippen LogP contribution is 2.38. The predicted molar refractivity (Wildman–Crippen MR) is 72.5 cm³/mol. The molecule has 1 aliphatic rings. The first-order valence-electron chi connectivity index (χ1n) is 6.95. The van der Waals surface area contributed by atoms with Gasteiger partial charge >= 0.3 is 6.03 Å². The van der Waals surface area contributed by atoms with Crippen molar-refractivity contribution >= 4 is 11.8 Å². The summed E-state index contributed by atoms with van der Waals surface area (Å²) < 4.78 is 9.94. The van der Waals surface area contributed by atoms with Gasteiger partial charge in [0.25, 0.3) is 0 Å². The summed E-state index contributed by atoms with van der Waals surface area (Å²) in [5, 5.41) is 13.0. The summed E-state index contributed by atoms with van der Waals surface area (Å²) in [7, 11) is 0. The van der Waals surface area contributed by atoms with Crippen LogP contribution in [0.25, 0.3) is 0 Å². The van der Waals surface area contributed by atoms with Crippen molar-refractivity contribution in [2.45, 2.75) is 38.6 Å². The van der Waals surface area contributed by atoms with Crippen LogP contribution in [0.1, 0.15) is 50.4 Å². The van der Waals surface area contributed by atoms with Crippen LogP contribution in [0.2, 0.25) is 0 Å². The van der Waals surface area contributed by atoms with Gasteiger partial charge in [0.1, 0.15) is 12.3 Å². The minimum atomic E-state index is -0.395. The van der Waals surface area contributed by atoms with Gasteiger partial charge in [0.05, 0.1) is 0 Å². The normalized spacial score (nSPS) is 16.0. The van der Waals surface area contributed by atoms with Crippen molar-refractivity contribution in [3.8, 4) is 0 Å². The largest absolute Gasteiger partial charge is 0.363 e. The summed E-state index contributed by atoms with van der Waals surface area (Å²) in [5.41, 5.74) is 0. The van der Waals surface area contributed by atoms with E-state index in [1.807, 2.05) is 13.8 Å². The summed E-state index contributed by atoms with van der Waals surface area (Å²) in [4.78, 5) is 16.3. The van der Waals surface area contributed by atoms with Gasteiger partial charge in [-0.3, -0.25) is 5.32 Å². The Labute approximate surface area is 121 Å². The van der Waals surface area contributed by atoms with E-state index in [1.54, 1.807) is 6.07 Å². The van der Waals surface area contributed by atoms with Gasteiger partial charge in [-0.05, 0) is 18.8 Å². The third-order valence-electron chi connectivity index (χ3n) is 3.30. The lowest BCUT2D eigenvalue weighted by Crippen LogP contribution is -2.35. The summed E-state index contributed by atoms with van der Waals surface area (Å²) in [6.45, 7) is 3.95. The molecule has 2 amide bonds. The molecule has 0 saturated heterocycles. The van der Waals surface area contributed by atoms with Crippen molar-refractivity contribution in [1.29, 1.82) is 0 Å². The molecule has 1 saturated carbocycles. The molecular weight excluding hydrogens is 274 g/mol. The molecule has 2 aromatic rings. The van der Waals surface area contributed by atoms with Crippen LogP contribution in [0.4, 0.5) is 10.6 Å². The SMILES string of the molecule is CC(C)C(NC(=O)Nc1ccon1)c1nc(C2CC2)no1. The van der Waals surface area contributed by atoms with Crippen LogP contribution in [-0.2, 0) is 0 Å². The Kier molecular flexibility index (Phi) is 3.59. The predicted octanol–water partition coefficient (Wildman–Crippen LogP) is 2.45. The first-order valence-corrected chi connectivity index (χ1v) is 6.95. The zero-order valence-corrected chi connectivity index (χ0v) is 11.9. The van der Waals surface area contributed by atoms with Crippen LogP contribution in [0.3, 0.4) is 0 Å². The number of aromatic nitrogens is 3. The number of nitrogens with one attached hydrogen (secondary N) is 2. The molecule has 21 heavy (non-hydrogen) atoms. The summed E-state index contributed by atoms with van der Waals surface area (Å²) in [6, 6.07) is 0.813. The van der Waals surface area contributed by atoms with Gasteiger partial charge in [-0.15, -0.1) is 0 Å². The third kappa shape index (κ3) is 3.21. The smallest absolute Gasteiger partial charge is 0.321 e. The topological polar surface area (TPSA) is 106 Å². The number of amides is 2. The summed E-state index contributed by atoms with van der Waals surface area (Å²) >= 11 is 0. The molecule has 0 spiro atoms. The van der Waals surface area contributed by atoms with E-state index in [4.69, 9.17) is 4.52 Å². The molecule has 112 valence electrons. The van der Waals surface area contributed by atoms with Gasteiger partial charge < -0.3 is 14.4 Å². The summed E-state index contributed by atoms with van der Waals surface area (Å²) in [5.74, 6) is 2.04. The number of urea groups is 1. The fourth-order valence-electron chi connectivity index (χ4n) is 1.97. The monoisotopic (exact) mass is 291 g/mol. The first kappa shape index (κ1) is 13.6. The van der Waals surface area contributed by atoms with E-state index in [9.17, 15) is 4.79 Å². The van der Waals surface area contributed by atoms with Crippen LogP contribution < -0.4 is 10.6 Å². The number of rotatable bonds is 5. The van der Waals surface area contributed by atoms with Crippen molar-refractivity contribution in [2.75, 3.05) is 5.32 Å². The number of hydrogen-bond acceptors (Lipinski definition) is 6. The van der Waals surface area contributed by atoms with Gasteiger partial charge in [-0.25, -0.2) is 4.79 Å². The quantitative estimate of drug-likeness (QED) is 0.876. The molecule has 8 nitrogen and oxygen atoms in total. The molecular formula is C13H17N5O3. The highest BCUT2D eigenvalue weighted by Gasteiger charge is 2.31. The van der Waals surface area contributed by atoms with Crippen LogP contribution >= 0.6 is 0 Å². The second-order valence-electron chi connectivity index (χ2n) is 5.47. The first-order chi connectivity index (χ1) is 10.1. The van der Waals surface area contributed by atoms with Crippen molar-refractivity contribution in [1.82, 2.24) is 20.6 Å². The fraction of sp³-hybridized carbons (Fsp3) is 0.538. The average molecular weight is 291 g/mol. The van der Waals surface area contributed by atoms with Crippen LogP contribution in [0.5, 0.6) is 0 Å².